The molecule has 3 rings (SSSR count). The summed E-state index contributed by atoms with van der Waals surface area (Å²) in [5.74, 6) is -1.00. The summed E-state index contributed by atoms with van der Waals surface area (Å²) < 4.78 is 18.8. The highest BCUT2D eigenvalue weighted by Gasteiger charge is 2.55. The largest absolute Gasteiger partial charge is 0.497 e. The lowest BCUT2D eigenvalue weighted by Gasteiger charge is -2.23. The van der Waals surface area contributed by atoms with Gasteiger partial charge in [-0.15, -0.1) is 0 Å². The Balaban J connectivity index is 1.74. The van der Waals surface area contributed by atoms with Crippen molar-refractivity contribution >= 4 is 17.7 Å². The number of methoxy groups -OCH3 is 1. The quantitative estimate of drug-likeness (QED) is 0.896. The fourth-order valence-electron chi connectivity index (χ4n) is 3.71. The summed E-state index contributed by atoms with van der Waals surface area (Å²) in [6, 6.07) is 3.60. The Hall–Kier alpha value is -2.31. The number of carboxylic acids is 1. The van der Waals surface area contributed by atoms with Crippen LogP contribution in [0.5, 0.6) is 5.75 Å². The van der Waals surface area contributed by atoms with Crippen LogP contribution >= 0.6 is 0 Å². The third-order valence-electron chi connectivity index (χ3n) is 5.00. The van der Waals surface area contributed by atoms with E-state index in [0.29, 0.717) is 18.7 Å². The van der Waals surface area contributed by atoms with Crippen molar-refractivity contribution < 1.29 is 23.8 Å². The molecular weight excluding hydrogens is 303 g/mol. The predicted molar refractivity (Wildman–Crippen MR) is 81.0 cm³/mol. The maximum Gasteiger partial charge on any atom is 0.321 e. The molecule has 1 saturated heterocycles. The van der Waals surface area contributed by atoms with Gasteiger partial charge in [-0.3, -0.25) is 4.79 Å². The minimum Gasteiger partial charge on any atom is -0.497 e. The van der Waals surface area contributed by atoms with E-state index in [1.165, 1.54) is 30.2 Å². The van der Waals surface area contributed by atoms with E-state index in [-0.39, 0.29) is 18.2 Å². The first kappa shape index (κ1) is 15.6. The number of benzene rings is 1. The molecule has 1 aromatic rings. The standard InChI is InChI=1S/C16H19FN2O4/c1-23-11-4-5-12(17)13(7-11)18-15(22)19-8-10-3-2-6-16(10,9-19)14(20)21/h4-5,7,10H,2-3,6,8-9H2,1H3,(H,18,22)(H,20,21)/t10-,16+/m0/s1. The second-order valence-electron chi connectivity index (χ2n) is 6.21. The van der Waals surface area contributed by atoms with Crippen LogP contribution in [0, 0.1) is 17.2 Å². The van der Waals surface area contributed by atoms with Crippen molar-refractivity contribution in [2.75, 3.05) is 25.5 Å². The van der Waals surface area contributed by atoms with Crippen molar-refractivity contribution in [2.24, 2.45) is 11.3 Å². The van der Waals surface area contributed by atoms with Gasteiger partial charge in [-0.25, -0.2) is 9.18 Å². The Bertz CT molecular complexity index is 651. The van der Waals surface area contributed by atoms with Crippen molar-refractivity contribution in [3.05, 3.63) is 24.0 Å². The molecule has 2 N–H and O–H groups in total. The van der Waals surface area contributed by atoms with Crippen LogP contribution in [0.2, 0.25) is 0 Å². The molecule has 1 saturated carbocycles. The van der Waals surface area contributed by atoms with E-state index in [4.69, 9.17) is 4.74 Å². The van der Waals surface area contributed by atoms with E-state index < -0.39 is 23.2 Å². The molecule has 0 spiro atoms. The van der Waals surface area contributed by atoms with Gasteiger partial charge in [-0.05, 0) is 30.9 Å². The molecule has 1 aliphatic carbocycles. The summed E-state index contributed by atoms with van der Waals surface area (Å²) in [6.45, 7) is 0.564. The summed E-state index contributed by atoms with van der Waals surface area (Å²) in [6.07, 6.45) is 2.27. The van der Waals surface area contributed by atoms with E-state index in [0.717, 1.165) is 12.8 Å². The number of urea groups is 1. The normalized spacial score (nSPS) is 26.0. The van der Waals surface area contributed by atoms with Gasteiger partial charge in [-0.1, -0.05) is 6.42 Å². The highest BCUT2D eigenvalue weighted by Crippen LogP contribution is 2.48. The molecule has 2 fully saturated rings. The molecule has 1 heterocycles. The fraction of sp³-hybridized carbons (Fsp3) is 0.500. The lowest BCUT2D eigenvalue weighted by molar-refractivity contribution is -0.149. The second kappa shape index (κ2) is 5.72. The number of carbonyl (C=O) groups is 2. The predicted octanol–water partition coefficient (Wildman–Crippen LogP) is 2.55. The van der Waals surface area contributed by atoms with Gasteiger partial charge in [0.1, 0.15) is 11.6 Å². The third-order valence-corrected chi connectivity index (χ3v) is 5.00. The van der Waals surface area contributed by atoms with Crippen LogP contribution in [0.3, 0.4) is 0 Å². The SMILES string of the molecule is COc1ccc(F)c(NC(=O)N2C[C@@H]3CCC[C@@]3(C(=O)O)C2)c1. The number of rotatable bonds is 3. The van der Waals surface area contributed by atoms with Gasteiger partial charge in [0.15, 0.2) is 0 Å². The maximum atomic E-state index is 13.8. The molecule has 0 unspecified atom stereocenters. The summed E-state index contributed by atoms with van der Waals surface area (Å²) in [5, 5.41) is 12.1. The summed E-state index contributed by atoms with van der Waals surface area (Å²) in [5.41, 5.74) is -0.819. The third kappa shape index (κ3) is 2.60. The number of amides is 2. The van der Waals surface area contributed by atoms with E-state index in [2.05, 4.69) is 5.32 Å². The first-order chi connectivity index (χ1) is 11.0. The van der Waals surface area contributed by atoms with Gasteiger partial charge < -0.3 is 20.1 Å². The molecule has 23 heavy (non-hydrogen) atoms. The first-order valence-electron chi connectivity index (χ1n) is 7.59. The van der Waals surface area contributed by atoms with Crippen LogP contribution < -0.4 is 10.1 Å². The van der Waals surface area contributed by atoms with Crippen LogP contribution in [0.1, 0.15) is 19.3 Å². The molecule has 7 heteroatoms. The van der Waals surface area contributed by atoms with Gasteiger partial charge in [0.25, 0.3) is 0 Å². The van der Waals surface area contributed by atoms with Crippen LogP contribution in [0.25, 0.3) is 0 Å². The fourth-order valence-corrected chi connectivity index (χ4v) is 3.71. The Labute approximate surface area is 133 Å². The zero-order valence-electron chi connectivity index (χ0n) is 12.8. The van der Waals surface area contributed by atoms with Crippen LogP contribution in [-0.2, 0) is 4.79 Å². The van der Waals surface area contributed by atoms with E-state index >= 15 is 0 Å². The number of anilines is 1. The van der Waals surface area contributed by atoms with Gasteiger partial charge in [-0.2, -0.15) is 0 Å². The molecule has 124 valence electrons. The number of hydrogen-bond acceptors (Lipinski definition) is 3. The Morgan fingerprint density at radius 2 is 2.26 bits per heavy atom. The van der Waals surface area contributed by atoms with E-state index in [1.807, 2.05) is 0 Å². The van der Waals surface area contributed by atoms with Crippen molar-refractivity contribution in [1.82, 2.24) is 4.90 Å². The molecule has 2 aliphatic rings. The van der Waals surface area contributed by atoms with Gasteiger partial charge in [0, 0.05) is 19.2 Å². The van der Waals surface area contributed by atoms with Gasteiger partial charge in [0.05, 0.1) is 18.2 Å². The van der Waals surface area contributed by atoms with Crippen LogP contribution in [-0.4, -0.2) is 42.2 Å². The second-order valence-corrected chi connectivity index (χ2v) is 6.21. The average Bonchev–Trinajstić information content (AvgIpc) is 3.07. The lowest BCUT2D eigenvalue weighted by Crippen LogP contribution is -2.38. The summed E-state index contributed by atoms with van der Waals surface area (Å²) in [4.78, 5) is 25.5. The summed E-state index contributed by atoms with van der Waals surface area (Å²) >= 11 is 0. The van der Waals surface area contributed by atoms with Crippen molar-refractivity contribution in [2.45, 2.75) is 19.3 Å². The lowest BCUT2D eigenvalue weighted by atomic mass is 9.81. The van der Waals surface area contributed by atoms with E-state index in [1.54, 1.807) is 0 Å². The molecule has 2 amide bonds. The number of carbonyl (C=O) groups excluding carboxylic acids is 1. The monoisotopic (exact) mass is 322 g/mol. The average molecular weight is 322 g/mol. The highest BCUT2D eigenvalue weighted by atomic mass is 19.1. The Morgan fingerprint density at radius 3 is 2.91 bits per heavy atom. The first-order valence-corrected chi connectivity index (χ1v) is 7.59. The Morgan fingerprint density at radius 1 is 1.48 bits per heavy atom. The van der Waals surface area contributed by atoms with Gasteiger partial charge >= 0.3 is 12.0 Å². The number of ether oxygens (including phenoxy) is 1. The smallest absolute Gasteiger partial charge is 0.321 e. The minimum absolute atomic E-state index is 0.0239. The van der Waals surface area contributed by atoms with Crippen molar-refractivity contribution in [1.29, 1.82) is 0 Å². The molecule has 0 radical (unpaired) electrons. The topological polar surface area (TPSA) is 78.9 Å². The number of nitrogens with zero attached hydrogens (tertiary/aromatic N) is 1. The highest BCUT2D eigenvalue weighted by molar-refractivity contribution is 5.91. The number of aliphatic carboxylic acids is 1. The maximum absolute atomic E-state index is 13.8. The number of fused-ring (bicyclic) bond motifs is 1. The molecule has 1 aliphatic heterocycles. The number of likely N-dealkylation sites (tertiary alicyclic amines) is 1. The molecule has 0 bridgehead atoms. The zero-order valence-corrected chi connectivity index (χ0v) is 12.8. The van der Waals surface area contributed by atoms with E-state index in [9.17, 15) is 19.1 Å². The molecule has 6 nitrogen and oxygen atoms in total. The minimum atomic E-state index is -0.845. The van der Waals surface area contributed by atoms with Gasteiger partial charge in [0.2, 0.25) is 0 Å². The van der Waals surface area contributed by atoms with Crippen molar-refractivity contribution in [3.8, 4) is 5.75 Å². The zero-order chi connectivity index (χ0) is 16.6. The molecule has 0 aromatic heterocycles. The molecule has 1 aromatic carbocycles. The number of nitrogens with one attached hydrogen (secondary N) is 1. The number of hydrogen-bond donors (Lipinski definition) is 2. The Kier molecular flexibility index (Phi) is 3.87. The number of carboxylic acid groups (broad SMARTS) is 1. The molecule has 2 atom stereocenters. The molecular formula is C16H19FN2O4. The number of halogens is 1. The van der Waals surface area contributed by atoms with Crippen LogP contribution in [0.4, 0.5) is 14.9 Å². The van der Waals surface area contributed by atoms with Crippen molar-refractivity contribution in [3.63, 3.8) is 0 Å². The van der Waals surface area contributed by atoms with Crippen LogP contribution in [0.15, 0.2) is 18.2 Å². The summed E-state index contributed by atoms with van der Waals surface area (Å²) in [7, 11) is 1.46.